The Hall–Kier alpha value is -2.68. The number of carbonyl (C=O) groups is 1. The molecule has 176 valence electrons. The van der Waals surface area contributed by atoms with E-state index in [9.17, 15) is 17.6 Å². The SMILES string of the molecule is Cc1ccc(N2CCC[C@@H]2COc2cc(F)c(C(=O)NS(=O)(=O)C3CC3)cc2C2CC2)nc1. The van der Waals surface area contributed by atoms with Crippen LogP contribution in [0.2, 0.25) is 0 Å². The number of nitrogens with zero attached hydrogens (tertiary/aromatic N) is 2. The van der Waals surface area contributed by atoms with Crippen LogP contribution in [0.3, 0.4) is 0 Å². The van der Waals surface area contributed by atoms with E-state index < -0.39 is 27.0 Å². The molecule has 0 unspecified atom stereocenters. The highest BCUT2D eigenvalue weighted by Crippen LogP contribution is 2.45. The first-order chi connectivity index (χ1) is 15.8. The third-order valence-corrected chi connectivity index (χ3v) is 8.38. The smallest absolute Gasteiger partial charge is 0.267 e. The van der Waals surface area contributed by atoms with E-state index >= 15 is 0 Å². The quantitative estimate of drug-likeness (QED) is 0.629. The van der Waals surface area contributed by atoms with E-state index in [1.54, 1.807) is 0 Å². The van der Waals surface area contributed by atoms with E-state index in [1.165, 1.54) is 12.1 Å². The summed E-state index contributed by atoms with van der Waals surface area (Å²) in [7, 11) is -3.74. The van der Waals surface area contributed by atoms with Crippen LogP contribution in [0.25, 0.3) is 0 Å². The molecule has 1 aromatic heterocycles. The first-order valence-electron chi connectivity index (χ1n) is 11.5. The van der Waals surface area contributed by atoms with Gasteiger partial charge in [-0.3, -0.25) is 4.79 Å². The van der Waals surface area contributed by atoms with Crippen molar-refractivity contribution in [2.75, 3.05) is 18.1 Å². The number of pyridine rings is 1. The maximum Gasteiger partial charge on any atom is 0.267 e. The van der Waals surface area contributed by atoms with E-state index in [0.29, 0.717) is 25.2 Å². The van der Waals surface area contributed by atoms with E-state index in [-0.39, 0.29) is 17.5 Å². The number of ether oxygens (including phenoxy) is 1. The number of hydrogen-bond acceptors (Lipinski definition) is 6. The lowest BCUT2D eigenvalue weighted by Gasteiger charge is -2.26. The molecule has 0 radical (unpaired) electrons. The number of amides is 1. The molecule has 1 aromatic carbocycles. The molecule has 1 saturated heterocycles. The van der Waals surface area contributed by atoms with E-state index in [2.05, 4.69) is 9.88 Å². The molecule has 1 amide bonds. The van der Waals surface area contributed by atoms with E-state index in [4.69, 9.17) is 4.74 Å². The Bertz CT molecular complexity index is 1160. The molecule has 0 spiro atoms. The van der Waals surface area contributed by atoms with Crippen LogP contribution in [-0.4, -0.2) is 43.8 Å². The lowest BCUT2D eigenvalue weighted by molar-refractivity contribution is 0.0977. The van der Waals surface area contributed by atoms with Crippen LogP contribution in [0.15, 0.2) is 30.5 Å². The minimum atomic E-state index is -3.74. The van der Waals surface area contributed by atoms with Gasteiger partial charge in [-0.05, 0) is 74.6 Å². The summed E-state index contributed by atoms with van der Waals surface area (Å²) in [6, 6.07) is 6.87. The Morgan fingerprint density at radius 3 is 2.67 bits per heavy atom. The molecule has 1 N–H and O–H groups in total. The number of nitrogens with one attached hydrogen (secondary N) is 1. The highest BCUT2D eigenvalue weighted by molar-refractivity contribution is 7.91. The minimum Gasteiger partial charge on any atom is -0.491 e. The lowest BCUT2D eigenvalue weighted by Crippen LogP contribution is -2.35. The van der Waals surface area contributed by atoms with Gasteiger partial charge in [0.15, 0.2) is 0 Å². The summed E-state index contributed by atoms with van der Waals surface area (Å²) in [6.45, 7) is 3.28. The second-order valence-corrected chi connectivity index (χ2v) is 11.3. The maximum atomic E-state index is 14.9. The van der Waals surface area contributed by atoms with Crippen molar-refractivity contribution in [1.82, 2.24) is 9.71 Å². The zero-order valence-electron chi connectivity index (χ0n) is 18.6. The summed E-state index contributed by atoms with van der Waals surface area (Å²) in [5.41, 5.74) is 1.62. The molecular formula is C24H28FN3O4S. The number of hydrogen-bond donors (Lipinski definition) is 1. The van der Waals surface area contributed by atoms with Gasteiger partial charge in [0.05, 0.1) is 16.9 Å². The number of benzene rings is 1. The monoisotopic (exact) mass is 473 g/mol. The van der Waals surface area contributed by atoms with Crippen molar-refractivity contribution in [2.45, 2.75) is 62.7 Å². The Morgan fingerprint density at radius 1 is 1.21 bits per heavy atom. The van der Waals surface area contributed by atoms with Gasteiger partial charge < -0.3 is 9.64 Å². The maximum absolute atomic E-state index is 14.9. The number of rotatable bonds is 8. The number of carbonyl (C=O) groups excluding carboxylic acids is 1. The van der Waals surface area contributed by atoms with Crippen molar-refractivity contribution in [3.8, 4) is 5.75 Å². The van der Waals surface area contributed by atoms with E-state index in [0.717, 1.165) is 49.2 Å². The first-order valence-corrected chi connectivity index (χ1v) is 13.1. The molecule has 2 aromatic rings. The zero-order chi connectivity index (χ0) is 23.2. The molecule has 3 fully saturated rings. The second-order valence-electron chi connectivity index (χ2n) is 9.31. The van der Waals surface area contributed by atoms with Crippen LogP contribution < -0.4 is 14.4 Å². The zero-order valence-corrected chi connectivity index (χ0v) is 19.4. The van der Waals surface area contributed by atoms with Gasteiger partial charge in [0, 0.05) is 18.8 Å². The van der Waals surface area contributed by atoms with Gasteiger partial charge in [0.1, 0.15) is 24.0 Å². The van der Waals surface area contributed by atoms with Crippen LogP contribution >= 0.6 is 0 Å². The highest BCUT2D eigenvalue weighted by atomic mass is 32.2. The topological polar surface area (TPSA) is 88.6 Å². The summed E-state index contributed by atoms with van der Waals surface area (Å²) in [5.74, 6) is -0.156. The Balaban J connectivity index is 1.32. The third-order valence-electron chi connectivity index (χ3n) is 6.56. The summed E-state index contributed by atoms with van der Waals surface area (Å²) in [6.07, 6.45) is 6.76. The van der Waals surface area contributed by atoms with Crippen LogP contribution in [0.1, 0.15) is 65.9 Å². The van der Waals surface area contributed by atoms with E-state index in [1.807, 2.05) is 30.0 Å². The lowest BCUT2D eigenvalue weighted by atomic mass is 10.0. The molecule has 9 heteroatoms. The Morgan fingerprint density at radius 2 is 2.00 bits per heavy atom. The molecule has 2 heterocycles. The van der Waals surface area contributed by atoms with Crippen LogP contribution in [-0.2, 0) is 10.0 Å². The Labute approximate surface area is 193 Å². The highest BCUT2D eigenvalue weighted by Gasteiger charge is 2.38. The number of sulfonamides is 1. The molecule has 7 nitrogen and oxygen atoms in total. The van der Waals surface area contributed by atoms with Crippen molar-refractivity contribution >= 4 is 21.7 Å². The fourth-order valence-electron chi connectivity index (χ4n) is 4.36. The van der Waals surface area contributed by atoms with Gasteiger partial charge in [-0.2, -0.15) is 0 Å². The molecule has 2 aliphatic carbocycles. The number of anilines is 1. The fourth-order valence-corrected chi connectivity index (χ4v) is 5.65. The molecule has 5 rings (SSSR count). The summed E-state index contributed by atoms with van der Waals surface area (Å²) in [4.78, 5) is 19.3. The van der Waals surface area contributed by atoms with Crippen molar-refractivity contribution in [3.05, 3.63) is 53.0 Å². The molecule has 33 heavy (non-hydrogen) atoms. The van der Waals surface area contributed by atoms with Gasteiger partial charge >= 0.3 is 0 Å². The second kappa shape index (κ2) is 8.59. The van der Waals surface area contributed by atoms with Gasteiger partial charge in [-0.1, -0.05) is 6.07 Å². The van der Waals surface area contributed by atoms with Gasteiger partial charge in [0.25, 0.3) is 5.91 Å². The van der Waals surface area contributed by atoms with Crippen LogP contribution in [0.5, 0.6) is 5.75 Å². The number of aryl methyl sites for hydroxylation is 1. The van der Waals surface area contributed by atoms with Crippen molar-refractivity contribution < 1.29 is 22.3 Å². The normalized spacial score (nSPS) is 20.7. The predicted octanol–water partition coefficient (Wildman–Crippen LogP) is 3.68. The van der Waals surface area contributed by atoms with Crippen molar-refractivity contribution in [3.63, 3.8) is 0 Å². The van der Waals surface area contributed by atoms with Gasteiger partial charge in [0.2, 0.25) is 10.0 Å². The van der Waals surface area contributed by atoms with Gasteiger partial charge in [-0.25, -0.2) is 22.5 Å². The largest absolute Gasteiger partial charge is 0.491 e. The average molecular weight is 474 g/mol. The number of halogens is 1. The fraction of sp³-hybridized carbons (Fsp3) is 0.500. The Kier molecular flexibility index (Phi) is 5.76. The van der Waals surface area contributed by atoms with Crippen LogP contribution in [0.4, 0.5) is 10.2 Å². The molecule has 1 atom stereocenters. The summed E-state index contributed by atoms with van der Waals surface area (Å²) < 4.78 is 47.2. The van der Waals surface area contributed by atoms with Gasteiger partial charge in [-0.15, -0.1) is 0 Å². The minimum absolute atomic E-state index is 0.127. The predicted molar refractivity (Wildman–Crippen MR) is 123 cm³/mol. The average Bonchev–Trinajstić information content (AvgIpc) is 3.70. The molecule has 2 saturated carbocycles. The summed E-state index contributed by atoms with van der Waals surface area (Å²) >= 11 is 0. The molecule has 1 aliphatic heterocycles. The van der Waals surface area contributed by atoms with Crippen molar-refractivity contribution in [1.29, 1.82) is 0 Å². The molecular weight excluding hydrogens is 445 g/mol. The number of aromatic nitrogens is 1. The van der Waals surface area contributed by atoms with Crippen molar-refractivity contribution in [2.24, 2.45) is 0 Å². The third kappa shape index (κ3) is 4.83. The molecule has 3 aliphatic rings. The molecule has 0 bridgehead atoms. The standard InChI is InChI=1S/C24H28FN3O4S/c1-15-4-9-23(26-13-15)28-10-2-3-17(28)14-32-22-12-21(25)20(11-19(22)16-5-6-16)24(29)27-33(30,31)18-7-8-18/h4,9,11-13,16-18H,2-3,5-8,10,14H2,1H3,(H,27,29)/t17-/m1/s1. The first kappa shape index (κ1) is 22.1. The van der Waals surface area contributed by atoms with Crippen LogP contribution in [0, 0.1) is 12.7 Å². The summed E-state index contributed by atoms with van der Waals surface area (Å²) in [5, 5.41) is -0.549.